The van der Waals surface area contributed by atoms with Gasteiger partial charge in [-0.3, -0.25) is 14.6 Å². The zero-order chi connectivity index (χ0) is 12.4. The van der Waals surface area contributed by atoms with Crippen LogP contribution in [0.25, 0.3) is 5.65 Å². The van der Waals surface area contributed by atoms with E-state index in [1.807, 2.05) is 13.0 Å². The second kappa shape index (κ2) is 4.58. The largest absolute Gasteiger partial charge is 0.379 e. The van der Waals surface area contributed by atoms with Gasteiger partial charge in [-0.2, -0.15) is 0 Å². The first-order valence-electron chi connectivity index (χ1n) is 5.02. The Morgan fingerprint density at radius 3 is 3.06 bits per heavy atom. The molecule has 3 N–H and O–H groups in total. The molecule has 17 heavy (non-hydrogen) atoms. The number of nitrogens with two attached hydrogens (primary N) is 1. The summed E-state index contributed by atoms with van der Waals surface area (Å²) in [6, 6.07) is 5.19. The van der Waals surface area contributed by atoms with Crippen molar-refractivity contribution in [2.75, 3.05) is 0 Å². The highest BCUT2D eigenvalue weighted by Crippen LogP contribution is 2.09. The van der Waals surface area contributed by atoms with E-state index in [0.717, 1.165) is 17.3 Å². The van der Waals surface area contributed by atoms with E-state index in [1.54, 1.807) is 12.3 Å². The van der Waals surface area contributed by atoms with E-state index in [9.17, 15) is 4.79 Å². The average Bonchev–Trinajstić information content (AvgIpc) is 2.27. The van der Waals surface area contributed by atoms with Gasteiger partial charge >= 0.3 is 0 Å². The van der Waals surface area contributed by atoms with Gasteiger partial charge in [0.05, 0.1) is 5.69 Å². The van der Waals surface area contributed by atoms with Crippen LogP contribution in [-0.4, -0.2) is 14.6 Å². The van der Waals surface area contributed by atoms with Crippen LogP contribution < -0.4 is 11.3 Å². The van der Waals surface area contributed by atoms with Crippen LogP contribution in [0.5, 0.6) is 0 Å². The number of nitrogens with zero attached hydrogens (tertiary/aromatic N) is 2. The number of nitrogens with one attached hydrogen (secondary N) is 1. The Hall–Kier alpha value is -1.82. The van der Waals surface area contributed by atoms with E-state index >= 15 is 0 Å². The number of aromatic nitrogens is 2. The summed E-state index contributed by atoms with van der Waals surface area (Å²) in [5.41, 5.74) is 7.39. The van der Waals surface area contributed by atoms with Crippen LogP contribution in [0.4, 0.5) is 0 Å². The summed E-state index contributed by atoms with van der Waals surface area (Å²) in [6.45, 7) is 1.92. The minimum absolute atomic E-state index is 0.0240. The average molecular weight is 248 g/mol. The molecule has 6 heteroatoms. The molecule has 0 aromatic carbocycles. The van der Waals surface area contributed by atoms with Crippen LogP contribution in [0, 0.1) is 12.3 Å². The van der Waals surface area contributed by atoms with E-state index in [1.165, 1.54) is 10.5 Å². The van der Waals surface area contributed by atoms with E-state index in [2.05, 4.69) is 4.98 Å². The second-order valence-corrected chi connectivity index (χ2v) is 4.69. The van der Waals surface area contributed by atoms with Crippen LogP contribution in [0.2, 0.25) is 0 Å². The van der Waals surface area contributed by atoms with Crippen LogP contribution in [0.3, 0.4) is 0 Å². The molecule has 0 aliphatic heterocycles. The molecule has 88 valence electrons. The molecule has 0 aliphatic carbocycles. The van der Waals surface area contributed by atoms with Gasteiger partial charge in [0.15, 0.2) is 5.17 Å². The van der Waals surface area contributed by atoms with Gasteiger partial charge in [-0.15, -0.1) is 0 Å². The molecular formula is C11H12N4OS. The zero-order valence-electron chi connectivity index (χ0n) is 9.30. The van der Waals surface area contributed by atoms with Crippen molar-refractivity contribution in [1.82, 2.24) is 9.38 Å². The molecule has 0 saturated heterocycles. The fourth-order valence-electron chi connectivity index (χ4n) is 1.48. The number of thioether (sulfide) groups is 1. The highest BCUT2D eigenvalue weighted by Gasteiger charge is 2.03. The summed E-state index contributed by atoms with van der Waals surface area (Å²) in [5.74, 6) is 0.439. The quantitative estimate of drug-likeness (QED) is 0.616. The van der Waals surface area contributed by atoms with Gasteiger partial charge < -0.3 is 5.73 Å². The molecule has 2 heterocycles. The van der Waals surface area contributed by atoms with E-state index < -0.39 is 0 Å². The molecule has 0 unspecified atom stereocenters. The van der Waals surface area contributed by atoms with Crippen molar-refractivity contribution in [3.8, 4) is 0 Å². The SMILES string of the molecule is Cc1ccc2nc(CSC(=N)N)cc(=O)n2c1. The maximum absolute atomic E-state index is 11.8. The van der Waals surface area contributed by atoms with Gasteiger partial charge in [0.1, 0.15) is 5.65 Å². The molecule has 2 rings (SSSR count). The lowest BCUT2D eigenvalue weighted by atomic mass is 10.3. The number of pyridine rings is 1. The minimum atomic E-state index is -0.113. The number of fused-ring (bicyclic) bond motifs is 1. The highest BCUT2D eigenvalue weighted by molar-refractivity contribution is 8.13. The Morgan fingerprint density at radius 1 is 1.59 bits per heavy atom. The lowest BCUT2D eigenvalue weighted by Crippen LogP contribution is -2.15. The summed E-state index contributed by atoms with van der Waals surface area (Å²) < 4.78 is 1.51. The molecule has 0 aliphatic rings. The molecule has 5 nitrogen and oxygen atoms in total. The predicted molar refractivity (Wildman–Crippen MR) is 69.4 cm³/mol. The third-order valence-corrected chi connectivity index (χ3v) is 2.99. The fourth-order valence-corrected chi connectivity index (χ4v) is 1.94. The maximum atomic E-state index is 11.8. The molecule has 0 bridgehead atoms. The monoisotopic (exact) mass is 248 g/mol. The third kappa shape index (κ3) is 2.65. The van der Waals surface area contributed by atoms with Crippen molar-refractivity contribution in [3.63, 3.8) is 0 Å². The molecule has 0 spiro atoms. The van der Waals surface area contributed by atoms with Crippen LogP contribution in [0.1, 0.15) is 11.3 Å². The normalized spacial score (nSPS) is 10.6. The lowest BCUT2D eigenvalue weighted by Gasteiger charge is -2.04. The van der Waals surface area contributed by atoms with E-state index in [-0.39, 0.29) is 10.7 Å². The first-order chi connectivity index (χ1) is 8.06. The number of aryl methyl sites for hydroxylation is 1. The molecule has 0 saturated carbocycles. The Kier molecular flexibility index (Phi) is 3.14. The van der Waals surface area contributed by atoms with Gasteiger partial charge in [-0.05, 0) is 18.6 Å². The minimum Gasteiger partial charge on any atom is -0.379 e. The Morgan fingerprint density at radius 2 is 2.35 bits per heavy atom. The lowest BCUT2D eigenvalue weighted by molar-refractivity contribution is 1.00. The highest BCUT2D eigenvalue weighted by atomic mass is 32.2. The molecule has 0 fully saturated rings. The van der Waals surface area contributed by atoms with Crippen molar-refractivity contribution >= 4 is 22.6 Å². The van der Waals surface area contributed by atoms with Crippen LogP contribution in [0.15, 0.2) is 29.2 Å². The van der Waals surface area contributed by atoms with Crippen molar-refractivity contribution in [3.05, 3.63) is 46.0 Å². The summed E-state index contributed by atoms with van der Waals surface area (Å²) >= 11 is 1.16. The molecule has 2 aromatic rings. The van der Waals surface area contributed by atoms with Gasteiger partial charge in [0, 0.05) is 18.0 Å². The molecular weight excluding hydrogens is 236 g/mol. The summed E-state index contributed by atoms with van der Waals surface area (Å²) in [7, 11) is 0. The van der Waals surface area contributed by atoms with Gasteiger partial charge in [0.25, 0.3) is 5.56 Å². The number of rotatable bonds is 2. The number of hydrogen-bond donors (Lipinski definition) is 2. The Labute approximate surface area is 102 Å². The Bertz CT molecular complexity index is 635. The Balaban J connectivity index is 2.45. The predicted octanol–water partition coefficient (Wildman–Crippen LogP) is 1.13. The van der Waals surface area contributed by atoms with Crippen molar-refractivity contribution in [1.29, 1.82) is 5.41 Å². The summed E-state index contributed by atoms with van der Waals surface area (Å²) in [5, 5.41) is 7.14. The second-order valence-electron chi connectivity index (χ2n) is 3.67. The first kappa shape index (κ1) is 11.7. The molecule has 0 radical (unpaired) electrons. The third-order valence-electron chi connectivity index (χ3n) is 2.24. The summed E-state index contributed by atoms with van der Waals surface area (Å²) in [6.07, 6.45) is 1.76. The number of amidine groups is 1. The topological polar surface area (TPSA) is 84.2 Å². The van der Waals surface area contributed by atoms with Gasteiger partial charge in [-0.25, -0.2) is 4.98 Å². The first-order valence-corrected chi connectivity index (χ1v) is 6.00. The van der Waals surface area contributed by atoms with Gasteiger partial charge in [0.2, 0.25) is 0 Å². The summed E-state index contributed by atoms with van der Waals surface area (Å²) in [4.78, 5) is 16.2. The zero-order valence-corrected chi connectivity index (χ0v) is 10.1. The van der Waals surface area contributed by atoms with Gasteiger partial charge in [-0.1, -0.05) is 17.8 Å². The number of hydrogen-bond acceptors (Lipinski definition) is 4. The smallest absolute Gasteiger partial charge is 0.258 e. The van der Waals surface area contributed by atoms with E-state index in [4.69, 9.17) is 11.1 Å². The van der Waals surface area contributed by atoms with Crippen molar-refractivity contribution < 1.29 is 0 Å². The van der Waals surface area contributed by atoms with Crippen LogP contribution >= 0.6 is 11.8 Å². The van der Waals surface area contributed by atoms with Crippen molar-refractivity contribution in [2.24, 2.45) is 5.73 Å². The van der Waals surface area contributed by atoms with E-state index in [0.29, 0.717) is 17.1 Å². The molecule has 0 amide bonds. The fraction of sp³-hybridized carbons (Fsp3) is 0.182. The maximum Gasteiger partial charge on any atom is 0.258 e. The molecule has 2 aromatic heterocycles. The molecule has 0 atom stereocenters. The van der Waals surface area contributed by atoms with Crippen LogP contribution in [-0.2, 0) is 5.75 Å². The standard InChI is InChI=1S/C11H12N4OS/c1-7-2-3-9-14-8(6-17-11(12)13)4-10(16)15(9)5-7/h2-5H,6H2,1H3,(H3,12,13). The van der Waals surface area contributed by atoms with Crippen molar-refractivity contribution in [2.45, 2.75) is 12.7 Å².